The van der Waals surface area contributed by atoms with Crippen molar-refractivity contribution in [2.24, 2.45) is 0 Å². The highest BCUT2D eigenvalue weighted by molar-refractivity contribution is 7.24. The topological polar surface area (TPSA) is 64.3 Å². The van der Waals surface area contributed by atoms with Crippen molar-refractivity contribution in [2.75, 3.05) is 4.90 Å². The van der Waals surface area contributed by atoms with Crippen LogP contribution in [0.1, 0.15) is 16.0 Å². The molecule has 6 heteroatoms. The second-order valence-corrected chi connectivity index (χ2v) is 11.5. The molecule has 0 aliphatic rings. The number of aliphatic carboxylic acids is 1. The van der Waals surface area contributed by atoms with Crippen molar-refractivity contribution in [1.29, 1.82) is 5.26 Å². The van der Waals surface area contributed by atoms with Gasteiger partial charge >= 0.3 is 5.97 Å². The van der Waals surface area contributed by atoms with Crippen molar-refractivity contribution in [3.8, 4) is 26.3 Å². The smallest absolute Gasteiger partial charge is 0.346 e. The Kier molecular flexibility index (Phi) is 8.07. The minimum absolute atomic E-state index is 0.289. The summed E-state index contributed by atoms with van der Waals surface area (Å²) >= 11 is 3.36. The third kappa shape index (κ3) is 6.13. The Morgan fingerprint density at radius 1 is 0.725 bits per heavy atom. The third-order valence-corrected chi connectivity index (χ3v) is 8.72. The summed E-state index contributed by atoms with van der Waals surface area (Å²) in [5, 5.41) is 17.8. The van der Waals surface area contributed by atoms with E-state index in [0.717, 1.165) is 32.4 Å². The van der Waals surface area contributed by atoms with Gasteiger partial charge in [-0.3, -0.25) is 0 Å². The maximum absolute atomic E-state index is 11.0. The van der Waals surface area contributed by atoms with Crippen molar-refractivity contribution in [2.45, 2.75) is 13.8 Å². The average molecular weight is 559 g/mol. The maximum Gasteiger partial charge on any atom is 0.346 e. The third-order valence-electron chi connectivity index (χ3n) is 6.34. The zero-order chi connectivity index (χ0) is 28.1. The summed E-state index contributed by atoms with van der Waals surface area (Å²) in [4.78, 5) is 17.7. The van der Waals surface area contributed by atoms with Crippen molar-refractivity contribution in [3.63, 3.8) is 0 Å². The lowest BCUT2D eigenvalue weighted by Crippen LogP contribution is -2.09. The molecule has 3 aromatic carbocycles. The Bertz CT molecular complexity index is 1690. The van der Waals surface area contributed by atoms with Crippen LogP contribution in [-0.4, -0.2) is 11.1 Å². The Hall–Kier alpha value is -4.70. The number of rotatable bonds is 8. The molecule has 5 aromatic rings. The van der Waals surface area contributed by atoms with E-state index >= 15 is 0 Å². The number of carbonyl (C=O) groups is 1. The summed E-state index contributed by atoms with van der Waals surface area (Å²) < 4.78 is 0. The van der Waals surface area contributed by atoms with E-state index in [0.29, 0.717) is 0 Å². The number of hydrogen-bond acceptors (Lipinski definition) is 5. The van der Waals surface area contributed by atoms with Crippen molar-refractivity contribution < 1.29 is 9.90 Å². The minimum Gasteiger partial charge on any atom is -0.477 e. The van der Waals surface area contributed by atoms with Crippen LogP contribution in [0.3, 0.4) is 0 Å². The molecule has 0 bridgehead atoms. The molecule has 1 N–H and O–H groups in total. The Balaban J connectivity index is 1.37. The van der Waals surface area contributed by atoms with E-state index in [1.807, 2.05) is 12.1 Å². The van der Waals surface area contributed by atoms with Gasteiger partial charge in [-0.05, 0) is 92.2 Å². The van der Waals surface area contributed by atoms with Crippen LogP contribution in [-0.2, 0) is 4.79 Å². The first-order valence-electron chi connectivity index (χ1n) is 12.7. The highest BCUT2D eigenvalue weighted by Crippen LogP contribution is 2.40. The van der Waals surface area contributed by atoms with Crippen LogP contribution in [0.25, 0.3) is 26.3 Å². The number of anilines is 3. The van der Waals surface area contributed by atoms with E-state index in [9.17, 15) is 4.79 Å². The predicted octanol–water partition coefficient (Wildman–Crippen LogP) is 9.78. The highest BCUT2D eigenvalue weighted by Gasteiger charge is 2.13. The number of benzene rings is 3. The quantitative estimate of drug-likeness (QED) is 0.117. The van der Waals surface area contributed by atoms with E-state index in [1.54, 1.807) is 34.8 Å². The summed E-state index contributed by atoms with van der Waals surface area (Å²) in [5.74, 6) is -1.23. The molecule has 0 saturated carbocycles. The molecular weight excluding hydrogens is 533 g/mol. The number of aryl methyl sites for hydroxylation is 2. The number of thiophene rings is 2. The van der Waals surface area contributed by atoms with Gasteiger partial charge in [-0.15, -0.1) is 22.7 Å². The molecule has 0 aliphatic carbocycles. The van der Waals surface area contributed by atoms with Crippen molar-refractivity contribution >= 4 is 51.8 Å². The molecule has 0 unspecified atom stereocenters. The summed E-state index contributed by atoms with van der Waals surface area (Å²) in [5.41, 5.74) is 6.66. The molecule has 2 heterocycles. The van der Waals surface area contributed by atoms with Gasteiger partial charge in [0.1, 0.15) is 11.6 Å². The molecule has 0 spiro atoms. The lowest BCUT2D eigenvalue weighted by atomic mass is 10.1. The molecule has 4 nitrogen and oxygen atoms in total. The van der Waals surface area contributed by atoms with Crippen molar-refractivity contribution in [3.05, 3.63) is 131 Å². The van der Waals surface area contributed by atoms with Gasteiger partial charge < -0.3 is 10.0 Å². The fourth-order valence-corrected chi connectivity index (χ4v) is 6.23. The average Bonchev–Trinajstić information content (AvgIpc) is 3.64. The molecule has 5 rings (SSSR count). The second kappa shape index (κ2) is 12.0. The monoisotopic (exact) mass is 558 g/mol. The standard InChI is InChI=1S/C34H26N2O2S2/c1-23-6-12-27(13-7-23)36(28-14-8-24(2)9-15-28)29-16-10-25(11-17-29)31-20-21-33(40-31)32-19-18-30(39-32)5-3-4-26(22-35)34(37)38/h3-21H,1-2H3,(H,37,38)/b5-3+,26-4+. The second-order valence-electron chi connectivity index (χ2n) is 9.28. The van der Waals surface area contributed by atoms with E-state index in [1.165, 1.54) is 27.0 Å². The van der Waals surface area contributed by atoms with Gasteiger partial charge in [0.25, 0.3) is 0 Å². The maximum atomic E-state index is 11.0. The normalized spacial score (nSPS) is 11.5. The molecule has 0 radical (unpaired) electrons. The van der Waals surface area contributed by atoms with E-state index in [2.05, 4.69) is 110 Å². The molecule has 0 aliphatic heterocycles. The van der Waals surface area contributed by atoms with Crippen LogP contribution in [0, 0.1) is 25.2 Å². The first kappa shape index (κ1) is 26.9. The van der Waals surface area contributed by atoms with Crippen LogP contribution in [0.4, 0.5) is 17.1 Å². The van der Waals surface area contributed by atoms with E-state index in [4.69, 9.17) is 10.4 Å². The number of carboxylic acid groups (broad SMARTS) is 1. The SMILES string of the molecule is Cc1ccc(N(c2ccc(C)cc2)c2ccc(-c3ccc(-c4ccc(/C=C/C=C(\C#N)C(=O)O)s4)s3)cc2)cc1. The van der Waals surface area contributed by atoms with E-state index < -0.39 is 5.97 Å². The molecule has 40 heavy (non-hydrogen) atoms. The number of nitrogens with zero attached hydrogens (tertiary/aromatic N) is 2. The zero-order valence-electron chi connectivity index (χ0n) is 22.0. The van der Waals surface area contributed by atoms with Crippen LogP contribution < -0.4 is 4.90 Å². The van der Waals surface area contributed by atoms with Gasteiger partial charge in [0.2, 0.25) is 0 Å². The number of carboxylic acids is 1. The van der Waals surface area contributed by atoms with Crippen LogP contribution in [0.2, 0.25) is 0 Å². The Morgan fingerprint density at radius 3 is 1.77 bits per heavy atom. The first-order chi connectivity index (χ1) is 19.4. The lowest BCUT2D eigenvalue weighted by Gasteiger charge is -2.26. The molecule has 2 aromatic heterocycles. The molecule has 196 valence electrons. The number of allylic oxidation sites excluding steroid dienone is 2. The predicted molar refractivity (Wildman–Crippen MR) is 168 cm³/mol. The van der Waals surface area contributed by atoms with Gasteiger partial charge in [-0.1, -0.05) is 53.6 Å². The van der Waals surface area contributed by atoms with Gasteiger partial charge in [-0.25, -0.2) is 4.79 Å². The van der Waals surface area contributed by atoms with Gasteiger partial charge in [0.05, 0.1) is 0 Å². The van der Waals surface area contributed by atoms with Crippen LogP contribution >= 0.6 is 22.7 Å². The van der Waals surface area contributed by atoms with Crippen molar-refractivity contribution in [1.82, 2.24) is 0 Å². The molecule has 0 saturated heterocycles. The fourth-order valence-electron chi connectivity index (χ4n) is 4.21. The Labute approximate surface area is 242 Å². The zero-order valence-corrected chi connectivity index (χ0v) is 23.7. The van der Waals surface area contributed by atoms with Crippen LogP contribution in [0.5, 0.6) is 0 Å². The molecular formula is C34H26N2O2S2. The summed E-state index contributed by atoms with van der Waals surface area (Å²) in [6, 6.07) is 35.9. The lowest BCUT2D eigenvalue weighted by molar-refractivity contribution is -0.132. The van der Waals surface area contributed by atoms with E-state index in [-0.39, 0.29) is 5.57 Å². The van der Waals surface area contributed by atoms with Crippen LogP contribution in [0.15, 0.2) is 115 Å². The summed E-state index contributed by atoms with van der Waals surface area (Å²) in [7, 11) is 0. The molecule has 0 amide bonds. The van der Waals surface area contributed by atoms with Gasteiger partial charge in [-0.2, -0.15) is 5.26 Å². The summed E-state index contributed by atoms with van der Waals surface area (Å²) in [6.07, 6.45) is 4.73. The highest BCUT2D eigenvalue weighted by atomic mass is 32.1. The fraction of sp³-hybridized carbons (Fsp3) is 0.0588. The van der Waals surface area contributed by atoms with Gasteiger partial charge in [0.15, 0.2) is 0 Å². The largest absolute Gasteiger partial charge is 0.477 e. The Morgan fingerprint density at radius 2 is 1.23 bits per heavy atom. The minimum atomic E-state index is -1.23. The molecule has 0 atom stereocenters. The first-order valence-corrected chi connectivity index (χ1v) is 14.3. The number of hydrogen-bond donors (Lipinski definition) is 1. The van der Waals surface area contributed by atoms with Gasteiger partial charge in [0, 0.05) is 36.6 Å². The summed E-state index contributed by atoms with van der Waals surface area (Å²) in [6.45, 7) is 4.20. The molecule has 0 fully saturated rings. The number of nitriles is 1.